The number of benzene rings is 1. The molecule has 0 saturated carbocycles. The SMILES string of the molecule is CCc1ccc(C#N)c(C(=O)OC)c1CO. The van der Waals surface area contributed by atoms with E-state index in [-0.39, 0.29) is 17.7 Å². The first-order valence-electron chi connectivity index (χ1n) is 4.93. The van der Waals surface area contributed by atoms with Crippen LogP contribution in [-0.4, -0.2) is 18.2 Å². The average molecular weight is 219 g/mol. The number of aryl methyl sites for hydroxylation is 1. The third kappa shape index (κ3) is 2.05. The second-order valence-corrected chi connectivity index (χ2v) is 3.24. The van der Waals surface area contributed by atoms with Gasteiger partial charge in [-0.25, -0.2) is 4.79 Å². The van der Waals surface area contributed by atoms with Gasteiger partial charge in [-0.2, -0.15) is 5.26 Å². The van der Waals surface area contributed by atoms with Crippen molar-refractivity contribution in [2.45, 2.75) is 20.0 Å². The minimum absolute atomic E-state index is 0.173. The summed E-state index contributed by atoms with van der Waals surface area (Å²) in [5.74, 6) is -0.587. The van der Waals surface area contributed by atoms with Crippen molar-refractivity contribution in [1.82, 2.24) is 0 Å². The molecule has 1 aromatic carbocycles. The third-order valence-electron chi connectivity index (χ3n) is 2.46. The van der Waals surface area contributed by atoms with E-state index in [1.165, 1.54) is 7.11 Å². The second kappa shape index (κ2) is 5.29. The van der Waals surface area contributed by atoms with Crippen molar-refractivity contribution in [2.75, 3.05) is 7.11 Å². The molecule has 4 heteroatoms. The molecule has 4 nitrogen and oxygen atoms in total. The van der Waals surface area contributed by atoms with E-state index >= 15 is 0 Å². The molecular formula is C12H13NO3. The van der Waals surface area contributed by atoms with Crippen molar-refractivity contribution in [2.24, 2.45) is 0 Å². The Hall–Kier alpha value is -1.86. The number of ether oxygens (including phenoxy) is 1. The van der Waals surface area contributed by atoms with E-state index in [1.807, 2.05) is 13.0 Å². The van der Waals surface area contributed by atoms with E-state index in [4.69, 9.17) is 5.26 Å². The Bertz CT molecular complexity index is 446. The molecule has 0 aromatic heterocycles. The van der Waals surface area contributed by atoms with Crippen molar-refractivity contribution in [1.29, 1.82) is 5.26 Å². The van der Waals surface area contributed by atoms with Crippen molar-refractivity contribution < 1.29 is 14.6 Å². The summed E-state index contributed by atoms with van der Waals surface area (Å²) in [5, 5.41) is 18.2. The van der Waals surface area contributed by atoms with Crippen LogP contribution in [0.4, 0.5) is 0 Å². The normalized spacial score (nSPS) is 9.62. The molecule has 0 atom stereocenters. The van der Waals surface area contributed by atoms with Crippen molar-refractivity contribution in [3.8, 4) is 6.07 Å². The summed E-state index contributed by atoms with van der Waals surface area (Å²) >= 11 is 0. The Balaban J connectivity index is 3.50. The molecule has 0 amide bonds. The van der Waals surface area contributed by atoms with Crippen LogP contribution in [0.25, 0.3) is 0 Å². The van der Waals surface area contributed by atoms with E-state index in [0.717, 1.165) is 5.56 Å². The highest BCUT2D eigenvalue weighted by Crippen LogP contribution is 2.20. The summed E-state index contributed by atoms with van der Waals surface area (Å²) in [5.41, 5.74) is 1.73. The maximum Gasteiger partial charge on any atom is 0.339 e. The average Bonchev–Trinajstić information content (AvgIpc) is 2.35. The van der Waals surface area contributed by atoms with Gasteiger partial charge in [0.2, 0.25) is 0 Å². The number of esters is 1. The van der Waals surface area contributed by atoms with Gasteiger partial charge in [0.1, 0.15) is 6.07 Å². The number of aliphatic hydroxyl groups is 1. The number of hydrogen-bond acceptors (Lipinski definition) is 4. The Morgan fingerprint density at radius 2 is 2.25 bits per heavy atom. The molecule has 0 aliphatic heterocycles. The van der Waals surface area contributed by atoms with Gasteiger partial charge in [0.15, 0.2) is 0 Å². The zero-order valence-corrected chi connectivity index (χ0v) is 9.28. The standard InChI is InChI=1S/C12H13NO3/c1-3-8-4-5-9(6-13)11(10(8)7-14)12(15)16-2/h4-5,14H,3,7H2,1-2H3. The van der Waals surface area contributed by atoms with Gasteiger partial charge in [0, 0.05) is 0 Å². The highest BCUT2D eigenvalue weighted by atomic mass is 16.5. The molecule has 1 aromatic rings. The van der Waals surface area contributed by atoms with Gasteiger partial charge < -0.3 is 9.84 Å². The zero-order valence-electron chi connectivity index (χ0n) is 9.28. The molecule has 1 rings (SSSR count). The quantitative estimate of drug-likeness (QED) is 0.780. The van der Waals surface area contributed by atoms with Crippen LogP contribution < -0.4 is 0 Å². The maximum atomic E-state index is 11.6. The number of nitrogens with zero attached hydrogens (tertiary/aromatic N) is 1. The molecule has 84 valence electrons. The number of carbonyl (C=O) groups excluding carboxylic acids is 1. The number of hydrogen-bond donors (Lipinski definition) is 1. The van der Waals surface area contributed by atoms with Crippen LogP contribution in [0.15, 0.2) is 12.1 Å². The van der Waals surface area contributed by atoms with Crippen LogP contribution in [0.2, 0.25) is 0 Å². The lowest BCUT2D eigenvalue weighted by Gasteiger charge is -2.11. The van der Waals surface area contributed by atoms with Gasteiger partial charge in [-0.15, -0.1) is 0 Å². The summed E-state index contributed by atoms with van der Waals surface area (Å²) in [6, 6.07) is 5.25. The van der Waals surface area contributed by atoms with Gasteiger partial charge in [0.25, 0.3) is 0 Å². The summed E-state index contributed by atoms with van der Waals surface area (Å²) < 4.78 is 4.62. The number of carbonyl (C=O) groups is 1. The number of nitriles is 1. The van der Waals surface area contributed by atoms with Gasteiger partial charge in [-0.3, -0.25) is 0 Å². The molecule has 0 bridgehead atoms. The van der Waals surface area contributed by atoms with Gasteiger partial charge >= 0.3 is 5.97 Å². The van der Waals surface area contributed by atoms with E-state index in [9.17, 15) is 9.90 Å². The van der Waals surface area contributed by atoms with E-state index < -0.39 is 5.97 Å². The fourth-order valence-electron chi connectivity index (χ4n) is 1.63. The van der Waals surface area contributed by atoms with E-state index in [0.29, 0.717) is 12.0 Å². The van der Waals surface area contributed by atoms with Crippen LogP contribution >= 0.6 is 0 Å². The molecule has 0 unspecified atom stereocenters. The molecule has 0 spiro atoms. The molecule has 0 aliphatic carbocycles. The minimum Gasteiger partial charge on any atom is -0.465 e. The smallest absolute Gasteiger partial charge is 0.339 e. The van der Waals surface area contributed by atoms with Crippen molar-refractivity contribution in [3.05, 3.63) is 34.4 Å². The predicted molar refractivity (Wildman–Crippen MR) is 57.8 cm³/mol. The van der Waals surface area contributed by atoms with Gasteiger partial charge in [-0.05, 0) is 23.6 Å². The molecule has 0 radical (unpaired) electrons. The van der Waals surface area contributed by atoms with Crippen LogP contribution in [-0.2, 0) is 17.8 Å². The summed E-state index contributed by atoms with van der Waals surface area (Å²) in [6.45, 7) is 1.64. The molecule has 0 fully saturated rings. The lowest BCUT2D eigenvalue weighted by molar-refractivity contribution is 0.0596. The fraction of sp³-hybridized carbons (Fsp3) is 0.333. The predicted octanol–water partition coefficient (Wildman–Crippen LogP) is 1.40. The van der Waals surface area contributed by atoms with E-state index in [2.05, 4.69) is 4.74 Å². The maximum absolute atomic E-state index is 11.6. The Labute approximate surface area is 94.1 Å². The van der Waals surface area contributed by atoms with E-state index in [1.54, 1.807) is 12.1 Å². The van der Waals surface area contributed by atoms with Crippen molar-refractivity contribution in [3.63, 3.8) is 0 Å². The summed E-state index contributed by atoms with van der Waals surface area (Å²) in [4.78, 5) is 11.6. The molecule has 0 saturated heterocycles. The van der Waals surface area contributed by atoms with Crippen LogP contribution in [0.3, 0.4) is 0 Å². The first kappa shape index (κ1) is 12.2. The fourth-order valence-corrected chi connectivity index (χ4v) is 1.63. The number of aliphatic hydroxyl groups excluding tert-OH is 1. The first-order chi connectivity index (χ1) is 7.69. The van der Waals surface area contributed by atoms with Crippen LogP contribution in [0, 0.1) is 11.3 Å². The van der Waals surface area contributed by atoms with Gasteiger partial charge in [0.05, 0.1) is 24.8 Å². The third-order valence-corrected chi connectivity index (χ3v) is 2.46. The Morgan fingerprint density at radius 3 is 2.69 bits per heavy atom. The Kier molecular flexibility index (Phi) is 4.03. The number of methoxy groups -OCH3 is 1. The van der Waals surface area contributed by atoms with Gasteiger partial charge in [-0.1, -0.05) is 13.0 Å². The minimum atomic E-state index is -0.587. The molecule has 1 N–H and O–H groups in total. The topological polar surface area (TPSA) is 70.3 Å². The highest BCUT2D eigenvalue weighted by Gasteiger charge is 2.19. The monoisotopic (exact) mass is 219 g/mol. The number of rotatable bonds is 3. The highest BCUT2D eigenvalue weighted by molar-refractivity contribution is 5.94. The summed E-state index contributed by atoms with van der Waals surface area (Å²) in [6.07, 6.45) is 0.686. The lowest BCUT2D eigenvalue weighted by atomic mass is 9.95. The lowest BCUT2D eigenvalue weighted by Crippen LogP contribution is -2.11. The van der Waals surface area contributed by atoms with Crippen LogP contribution in [0.5, 0.6) is 0 Å². The van der Waals surface area contributed by atoms with Crippen LogP contribution in [0.1, 0.15) is 34.0 Å². The molecule has 0 heterocycles. The Morgan fingerprint density at radius 1 is 1.56 bits per heavy atom. The summed E-state index contributed by atoms with van der Waals surface area (Å²) in [7, 11) is 1.25. The molecular weight excluding hydrogens is 206 g/mol. The first-order valence-corrected chi connectivity index (χ1v) is 4.93. The molecule has 16 heavy (non-hydrogen) atoms. The molecule has 0 aliphatic rings. The largest absolute Gasteiger partial charge is 0.465 e. The zero-order chi connectivity index (χ0) is 12.1. The second-order valence-electron chi connectivity index (χ2n) is 3.24. The van der Waals surface area contributed by atoms with Crippen molar-refractivity contribution >= 4 is 5.97 Å².